The molecular formula is C21H15N5O. The number of fused-ring (bicyclic) bond motifs is 3. The van der Waals surface area contributed by atoms with E-state index in [1.54, 1.807) is 17.2 Å². The fourth-order valence-corrected chi connectivity index (χ4v) is 3.34. The van der Waals surface area contributed by atoms with Gasteiger partial charge in [-0.15, -0.1) is 10.2 Å². The Morgan fingerprint density at radius 2 is 1.67 bits per heavy atom. The normalized spacial score (nSPS) is 11.1. The Morgan fingerprint density at radius 3 is 2.56 bits per heavy atom. The van der Waals surface area contributed by atoms with Crippen LogP contribution in [0.15, 0.2) is 79.4 Å². The number of hydrogen-bond donors (Lipinski definition) is 2. The zero-order valence-electron chi connectivity index (χ0n) is 14.3. The van der Waals surface area contributed by atoms with Crippen molar-refractivity contribution >= 4 is 33.4 Å². The molecule has 5 aromatic rings. The molecule has 27 heavy (non-hydrogen) atoms. The van der Waals surface area contributed by atoms with Gasteiger partial charge in [0.25, 0.3) is 5.91 Å². The summed E-state index contributed by atoms with van der Waals surface area (Å²) in [6, 6.07) is 21.4. The van der Waals surface area contributed by atoms with E-state index in [9.17, 15) is 4.79 Å². The molecule has 0 radical (unpaired) electrons. The summed E-state index contributed by atoms with van der Waals surface area (Å²) in [5.41, 5.74) is 4.05. The molecule has 0 unspecified atom stereocenters. The van der Waals surface area contributed by atoms with Crippen LogP contribution >= 0.6 is 0 Å². The van der Waals surface area contributed by atoms with Crippen LogP contribution < -0.4 is 5.32 Å². The van der Waals surface area contributed by atoms with E-state index in [2.05, 4.69) is 26.6 Å². The van der Waals surface area contributed by atoms with Crippen molar-refractivity contribution in [2.75, 3.05) is 5.32 Å². The summed E-state index contributed by atoms with van der Waals surface area (Å²) in [5.74, 6) is -0.159. The number of benzene rings is 3. The van der Waals surface area contributed by atoms with Crippen LogP contribution in [0, 0.1) is 0 Å². The zero-order chi connectivity index (χ0) is 18.2. The second kappa shape index (κ2) is 6.10. The van der Waals surface area contributed by atoms with Gasteiger partial charge in [0.05, 0.1) is 16.8 Å². The lowest BCUT2D eigenvalue weighted by Crippen LogP contribution is -2.12. The third-order valence-corrected chi connectivity index (χ3v) is 4.61. The van der Waals surface area contributed by atoms with E-state index in [4.69, 9.17) is 0 Å². The summed E-state index contributed by atoms with van der Waals surface area (Å²) in [7, 11) is 0. The number of nitrogens with one attached hydrogen (secondary N) is 2. The fourth-order valence-electron chi connectivity index (χ4n) is 3.34. The number of carbonyl (C=O) groups is 1. The van der Waals surface area contributed by atoms with Crippen molar-refractivity contribution in [3.05, 3.63) is 84.9 Å². The Kier molecular flexibility index (Phi) is 3.47. The monoisotopic (exact) mass is 353 g/mol. The summed E-state index contributed by atoms with van der Waals surface area (Å²) in [5, 5.41) is 12.8. The molecule has 0 spiro atoms. The number of aromatic nitrogens is 4. The number of aromatic amines is 1. The third kappa shape index (κ3) is 2.64. The first-order valence-corrected chi connectivity index (χ1v) is 8.55. The van der Waals surface area contributed by atoms with Gasteiger partial charge in [-0.05, 0) is 30.3 Å². The summed E-state index contributed by atoms with van der Waals surface area (Å²) in [6.45, 7) is 0. The van der Waals surface area contributed by atoms with Gasteiger partial charge in [0.2, 0.25) is 0 Å². The maximum atomic E-state index is 12.9. The minimum absolute atomic E-state index is 0.159. The quantitative estimate of drug-likeness (QED) is 0.511. The number of amides is 1. The molecule has 0 aliphatic heterocycles. The van der Waals surface area contributed by atoms with Crippen LogP contribution in [-0.2, 0) is 0 Å². The molecule has 6 heteroatoms. The highest BCUT2D eigenvalue weighted by Gasteiger charge is 2.14. The van der Waals surface area contributed by atoms with Crippen molar-refractivity contribution in [1.82, 2.24) is 19.7 Å². The van der Waals surface area contributed by atoms with Gasteiger partial charge in [-0.2, -0.15) is 0 Å². The summed E-state index contributed by atoms with van der Waals surface area (Å²) in [4.78, 5) is 16.3. The van der Waals surface area contributed by atoms with Crippen LogP contribution in [0.2, 0.25) is 0 Å². The Hall–Kier alpha value is -3.93. The molecule has 0 bridgehead atoms. The van der Waals surface area contributed by atoms with Gasteiger partial charge in [0, 0.05) is 22.0 Å². The van der Waals surface area contributed by atoms with Crippen LogP contribution in [0.1, 0.15) is 10.4 Å². The fraction of sp³-hybridized carbons (Fsp3) is 0. The van der Waals surface area contributed by atoms with Crippen LogP contribution in [0.3, 0.4) is 0 Å². The van der Waals surface area contributed by atoms with Crippen molar-refractivity contribution in [2.24, 2.45) is 0 Å². The Balaban J connectivity index is 1.52. The third-order valence-electron chi connectivity index (χ3n) is 4.61. The molecule has 2 N–H and O–H groups in total. The van der Waals surface area contributed by atoms with Crippen molar-refractivity contribution in [1.29, 1.82) is 0 Å². The van der Waals surface area contributed by atoms with Crippen molar-refractivity contribution < 1.29 is 4.79 Å². The van der Waals surface area contributed by atoms with Gasteiger partial charge in [-0.1, -0.05) is 36.4 Å². The lowest BCUT2D eigenvalue weighted by molar-refractivity contribution is 0.102. The molecule has 5 rings (SSSR count). The average Bonchev–Trinajstić information content (AvgIpc) is 3.36. The molecule has 130 valence electrons. The molecule has 3 aromatic carbocycles. The molecule has 2 aromatic heterocycles. The molecule has 0 atom stereocenters. The summed E-state index contributed by atoms with van der Waals surface area (Å²) >= 11 is 0. The zero-order valence-corrected chi connectivity index (χ0v) is 14.3. The molecule has 0 saturated carbocycles. The summed E-state index contributed by atoms with van der Waals surface area (Å²) in [6.07, 6.45) is 3.23. The van der Waals surface area contributed by atoms with Crippen molar-refractivity contribution in [3.8, 4) is 5.69 Å². The number of nitrogens with zero attached hydrogens (tertiary/aromatic N) is 3. The van der Waals surface area contributed by atoms with Crippen LogP contribution in [0.25, 0.3) is 27.5 Å². The number of rotatable bonds is 3. The topological polar surface area (TPSA) is 75.6 Å². The maximum Gasteiger partial charge on any atom is 0.257 e. The lowest BCUT2D eigenvalue weighted by Gasteiger charge is -2.08. The van der Waals surface area contributed by atoms with Gasteiger partial charge < -0.3 is 10.3 Å². The first-order valence-electron chi connectivity index (χ1n) is 8.55. The Bertz CT molecular complexity index is 1270. The predicted molar refractivity (Wildman–Crippen MR) is 105 cm³/mol. The number of para-hydroxylation sites is 2. The first kappa shape index (κ1) is 15.3. The number of H-pyrrole nitrogens is 1. The maximum absolute atomic E-state index is 12.9. The molecule has 0 fully saturated rings. The molecule has 1 amide bonds. The highest BCUT2D eigenvalue weighted by Crippen LogP contribution is 2.28. The summed E-state index contributed by atoms with van der Waals surface area (Å²) < 4.78 is 1.79. The van der Waals surface area contributed by atoms with Crippen LogP contribution in [0.5, 0.6) is 0 Å². The smallest absolute Gasteiger partial charge is 0.257 e. The van der Waals surface area contributed by atoms with Gasteiger partial charge in [-0.3, -0.25) is 9.36 Å². The van der Waals surface area contributed by atoms with E-state index in [1.165, 1.54) is 0 Å². The molecule has 6 nitrogen and oxygen atoms in total. The molecule has 0 aliphatic rings. The number of anilines is 1. The standard InChI is InChI=1S/C21H15N5O/c27-21(24-14-5-3-6-15(11-14)26-12-22-23-13-26)18-9-4-8-17-16-7-1-2-10-19(16)25-20(17)18/h1-13,25H,(H,24,27). The highest BCUT2D eigenvalue weighted by atomic mass is 16.1. The number of hydrogen-bond acceptors (Lipinski definition) is 3. The molecule has 0 saturated heterocycles. The SMILES string of the molecule is O=C(Nc1cccc(-n2cnnc2)c1)c1cccc2c1[nH]c1ccccc12. The Morgan fingerprint density at radius 1 is 0.889 bits per heavy atom. The predicted octanol–water partition coefficient (Wildman–Crippen LogP) is 4.15. The van der Waals surface area contributed by atoms with E-state index in [0.717, 1.165) is 27.5 Å². The van der Waals surface area contributed by atoms with Crippen molar-refractivity contribution in [3.63, 3.8) is 0 Å². The van der Waals surface area contributed by atoms with Crippen LogP contribution in [-0.4, -0.2) is 25.7 Å². The van der Waals surface area contributed by atoms with Gasteiger partial charge in [-0.25, -0.2) is 0 Å². The van der Waals surface area contributed by atoms with Crippen molar-refractivity contribution in [2.45, 2.75) is 0 Å². The second-order valence-corrected chi connectivity index (χ2v) is 6.27. The minimum atomic E-state index is -0.159. The first-order chi connectivity index (χ1) is 13.3. The van der Waals surface area contributed by atoms with Crippen LogP contribution in [0.4, 0.5) is 5.69 Å². The second-order valence-electron chi connectivity index (χ2n) is 6.27. The van der Waals surface area contributed by atoms with E-state index in [0.29, 0.717) is 11.3 Å². The largest absolute Gasteiger partial charge is 0.354 e. The van der Waals surface area contributed by atoms with Gasteiger partial charge >= 0.3 is 0 Å². The Labute approximate surface area is 154 Å². The van der Waals surface area contributed by atoms with Gasteiger partial charge in [0.15, 0.2) is 0 Å². The minimum Gasteiger partial charge on any atom is -0.354 e. The number of carbonyl (C=O) groups excluding carboxylic acids is 1. The van der Waals surface area contributed by atoms with E-state index in [-0.39, 0.29) is 5.91 Å². The molecular weight excluding hydrogens is 338 g/mol. The lowest BCUT2D eigenvalue weighted by atomic mass is 10.1. The van der Waals surface area contributed by atoms with E-state index < -0.39 is 0 Å². The average molecular weight is 353 g/mol. The molecule has 2 heterocycles. The highest BCUT2D eigenvalue weighted by molar-refractivity contribution is 6.17. The van der Waals surface area contributed by atoms with E-state index >= 15 is 0 Å². The van der Waals surface area contributed by atoms with Gasteiger partial charge in [0.1, 0.15) is 12.7 Å². The van der Waals surface area contributed by atoms with E-state index in [1.807, 2.05) is 60.7 Å². The molecule has 0 aliphatic carbocycles.